The molecule has 0 atom stereocenters. The number of aromatic nitrogens is 1. The molecule has 0 N–H and O–H groups in total. The topological polar surface area (TPSA) is 45.7 Å². The third-order valence-corrected chi connectivity index (χ3v) is 6.65. The van der Waals surface area contributed by atoms with E-state index in [0.717, 1.165) is 39.8 Å². The zero-order valence-electron chi connectivity index (χ0n) is 18.2. The number of amides is 1. The average Bonchev–Trinajstić information content (AvgIpc) is 3.15. The highest BCUT2D eigenvalue weighted by Crippen LogP contribution is 2.32. The second kappa shape index (κ2) is 12.9. The molecule has 3 aromatic rings. The van der Waals surface area contributed by atoms with Crippen LogP contribution >= 0.6 is 35.5 Å². The lowest BCUT2D eigenvalue weighted by Gasteiger charge is -2.22. The monoisotopic (exact) mass is 479 g/mol. The van der Waals surface area contributed by atoms with Crippen LogP contribution in [0.2, 0.25) is 0 Å². The lowest BCUT2D eigenvalue weighted by molar-refractivity contribution is -0.118. The van der Waals surface area contributed by atoms with Crippen LogP contribution < -0.4 is 9.64 Å². The van der Waals surface area contributed by atoms with Crippen LogP contribution in [0.4, 0.5) is 5.13 Å². The number of ether oxygens (including phenoxy) is 1. The van der Waals surface area contributed by atoms with E-state index >= 15 is 0 Å². The third kappa shape index (κ3) is 7.68. The number of benzene rings is 2. The summed E-state index contributed by atoms with van der Waals surface area (Å²) in [6, 6.07) is 16.2. The summed E-state index contributed by atoms with van der Waals surface area (Å²) in [7, 11) is 4.04. The van der Waals surface area contributed by atoms with Crippen LogP contribution in [-0.2, 0) is 4.79 Å². The molecule has 0 saturated heterocycles. The highest BCUT2D eigenvalue weighted by molar-refractivity contribution is 7.99. The molecule has 0 spiro atoms. The van der Waals surface area contributed by atoms with Crippen LogP contribution in [0, 0.1) is 0 Å². The molecule has 2 aromatic carbocycles. The summed E-state index contributed by atoms with van der Waals surface area (Å²) in [6.07, 6.45) is 1.36. The molecule has 1 aromatic heterocycles. The maximum absolute atomic E-state index is 13.1. The van der Waals surface area contributed by atoms with Crippen molar-refractivity contribution in [1.29, 1.82) is 0 Å². The Bertz CT molecular complexity index is 950. The van der Waals surface area contributed by atoms with Crippen molar-refractivity contribution in [3.8, 4) is 5.75 Å². The number of nitrogens with zero attached hydrogens (tertiary/aromatic N) is 3. The standard InChI is InChI=1S/C23H29N3O2S2.ClH/c1-4-28-18-12-13-20-21(17-18)30-23(24-20)26(15-14-25(2)3)22(27)11-8-16-29-19-9-6-5-7-10-19;/h5-7,9-10,12-13,17H,4,8,11,14-16H2,1-3H3;1H. The number of likely N-dealkylation sites (N-methyl/N-ethyl adjacent to an activating group) is 1. The van der Waals surface area contributed by atoms with Crippen molar-refractivity contribution in [2.45, 2.75) is 24.7 Å². The van der Waals surface area contributed by atoms with Crippen LogP contribution in [0.1, 0.15) is 19.8 Å². The molecular weight excluding hydrogens is 450 g/mol. The van der Waals surface area contributed by atoms with Crippen LogP contribution in [-0.4, -0.2) is 55.3 Å². The number of hydrogen-bond acceptors (Lipinski definition) is 6. The fraction of sp³-hybridized carbons (Fsp3) is 0.391. The number of halogens is 1. The summed E-state index contributed by atoms with van der Waals surface area (Å²) >= 11 is 3.34. The normalized spacial score (nSPS) is 10.8. The van der Waals surface area contributed by atoms with Crippen molar-refractivity contribution in [3.63, 3.8) is 0 Å². The maximum Gasteiger partial charge on any atom is 0.228 e. The first kappa shape index (κ1) is 25.5. The summed E-state index contributed by atoms with van der Waals surface area (Å²) in [6.45, 7) is 4.03. The minimum Gasteiger partial charge on any atom is -0.494 e. The van der Waals surface area contributed by atoms with E-state index in [-0.39, 0.29) is 18.3 Å². The summed E-state index contributed by atoms with van der Waals surface area (Å²) in [5.74, 6) is 1.90. The number of thiazole rings is 1. The van der Waals surface area contributed by atoms with Gasteiger partial charge >= 0.3 is 0 Å². The lowest BCUT2D eigenvalue weighted by Crippen LogP contribution is -2.36. The predicted molar refractivity (Wildman–Crippen MR) is 135 cm³/mol. The highest BCUT2D eigenvalue weighted by Gasteiger charge is 2.20. The van der Waals surface area contributed by atoms with Crippen molar-refractivity contribution in [3.05, 3.63) is 48.5 Å². The van der Waals surface area contributed by atoms with Gasteiger partial charge in [0.1, 0.15) is 5.75 Å². The first-order chi connectivity index (χ1) is 14.6. The second-order valence-electron chi connectivity index (χ2n) is 7.17. The highest BCUT2D eigenvalue weighted by atomic mass is 35.5. The molecule has 1 heterocycles. The Balaban J connectivity index is 0.00000341. The smallest absolute Gasteiger partial charge is 0.228 e. The Morgan fingerprint density at radius 1 is 1.13 bits per heavy atom. The molecule has 1 amide bonds. The Kier molecular flexibility index (Phi) is 10.6. The molecule has 0 aliphatic carbocycles. The van der Waals surface area contributed by atoms with Gasteiger partial charge in [0.25, 0.3) is 0 Å². The quantitative estimate of drug-likeness (QED) is 0.265. The Labute approximate surface area is 199 Å². The molecule has 31 heavy (non-hydrogen) atoms. The largest absolute Gasteiger partial charge is 0.494 e. The number of fused-ring (bicyclic) bond motifs is 1. The molecule has 0 radical (unpaired) electrons. The van der Waals surface area contributed by atoms with E-state index in [1.807, 2.05) is 62.3 Å². The van der Waals surface area contributed by atoms with Gasteiger partial charge in [-0.05, 0) is 63.5 Å². The number of carbonyl (C=O) groups is 1. The van der Waals surface area contributed by atoms with Gasteiger partial charge < -0.3 is 9.64 Å². The Hall–Kier alpha value is -1.80. The van der Waals surface area contributed by atoms with Gasteiger partial charge in [0.05, 0.1) is 16.8 Å². The summed E-state index contributed by atoms with van der Waals surface area (Å²) in [5, 5.41) is 0.765. The average molecular weight is 480 g/mol. The zero-order valence-corrected chi connectivity index (χ0v) is 20.7. The summed E-state index contributed by atoms with van der Waals surface area (Å²) in [4.78, 5) is 23.0. The molecule has 0 aliphatic rings. The van der Waals surface area contributed by atoms with E-state index < -0.39 is 0 Å². The van der Waals surface area contributed by atoms with E-state index in [0.29, 0.717) is 19.6 Å². The van der Waals surface area contributed by atoms with Crippen LogP contribution in [0.3, 0.4) is 0 Å². The van der Waals surface area contributed by atoms with Crippen molar-refractivity contribution in [2.75, 3.05) is 44.4 Å². The van der Waals surface area contributed by atoms with Gasteiger partial charge in [-0.2, -0.15) is 0 Å². The van der Waals surface area contributed by atoms with Gasteiger partial charge in [0, 0.05) is 24.4 Å². The minimum atomic E-state index is 0. The molecular formula is C23H30ClN3O2S2. The number of rotatable bonds is 11. The Morgan fingerprint density at radius 3 is 2.61 bits per heavy atom. The van der Waals surface area contributed by atoms with Gasteiger partial charge in [0.2, 0.25) is 5.91 Å². The maximum atomic E-state index is 13.1. The zero-order chi connectivity index (χ0) is 21.3. The number of thioether (sulfide) groups is 1. The first-order valence-corrected chi connectivity index (χ1v) is 12.0. The van der Waals surface area contributed by atoms with Crippen molar-refractivity contribution < 1.29 is 9.53 Å². The molecule has 5 nitrogen and oxygen atoms in total. The summed E-state index contributed by atoms with van der Waals surface area (Å²) in [5.41, 5.74) is 0.903. The molecule has 0 aliphatic heterocycles. The molecule has 3 rings (SSSR count). The van der Waals surface area contributed by atoms with Gasteiger partial charge in [-0.3, -0.25) is 9.69 Å². The molecule has 168 valence electrons. The van der Waals surface area contributed by atoms with E-state index in [9.17, 15) is 4.79 Å². The third-order valence-electron chi connectivity index (χ3n) is 4.51. The van der Waals surface area contributed by atoms with Gasteiger partial charge in [0.15, 0.2) is 5.13 Å². The Morgan fingerprint density at radius 2 is 1.90 bits per heavy atom. The van der Waals surface area contributed by atoms with E-state index in [4.69, 9.17) is 9.72 Å². The fourth-order valence-corrected chi connectivity index (χ4v) is 4.87. The number of carbonyl (C=O) groups excluding carboxylic acids is 1. The van der Waals surface area contributed by atoms with E-state index in [1.165, 1.54) is 4.90 Å². The predicted octanol–water partition coefficient (Wildman–Crippen LogP) is 5.58. The second-order valence-corrected chi connectivity index (χ2v) is 9.35. The SMILES string of the molecule is CCOc1ccc2nc(N(CCN(C)C)C(=O)CCCSc3ccccc3)sc2c1.Cl. The van der Waals surface area contributed by atoms with Crippen molar-refractivity contribution >= 4 is 56.8 Å². The molecule has 0 saturated carbocycles. The lowest BCUT2D eigenvalue weighted by atomic mass is 10.3. The van der Waals surface area contributed by atoms with Crippen molar-refractivity contribution in [1.82, 2.24) is 9.88 Å². The van der Waals surface area contributed by atoms with Gasteiger partial charge in [-0.25, -0.2) is 4.98 Å². The molecule has 0 fully saturated rings. The van der Waals surface area contributed by atoms with Gasteiger partial charge in [-0.1, -0.05) is 29.5 Å². The number of anilines is 1. The van der Waals surface area contributed by atoms with Gasteiger partial charge in [-0.15, -0.1) is 24.2 Å². The van der Waals surface area contributed by atoms with E-state index in [1.54, 1.807) is 23.1 Å². The number of hydrogen-bond donors (Lipinski definition) is 0. The minimum absolute atomic E-state index is 0. The molecule has 0 unspecified atom stereocenters. The summed E-state index contributed by atoms with van der Waals surface area (Å²) < 4.78 is 6.64. The molecule has 0 bridgehead atoms. The molecule has 8 heteroatoms. The van der Waals surface area contributed by atoms with Crippen LogP contribution in [0.25, 0.3) is 10.2 Å². The van der Waals surface area contributed by atoms with E-state index in [2.05, 4.69) is 17.0 Å². The first-order valence-electron chi connectivity index (χ1n) is 10.2. The van der Waals surface area contributed by atoms with Crippen molar-refractivity contribution in [2.24, 2.45) is 0 Å². The fourth-order valence-electron chi connectivity index (χ4n) is 2.96. The van der Waals surface area contributed by atoms with Crippen LogP contribution in [0.5, 0.6) is 5.75 Å². The van der Waals surface area contributed by atoms with Crippen LogP contribution in [0.15, 0.2) is 53.4 Å².